The predicted octanol–water partition coefficient (Wildman–Crippen LogP) is 16.9. The summed E-state index contributed by atoms with van der Waals surface area (Å²) in [6, 6.07) is 0. The molecular formula is C54H98O6. The number of rotatable bonds is 47. The van der Waals surface area contributed by atoms with E-state index in [1.807, 2.05) is 0 Å². The van der Waals surface area contributed by atoms with Gasteiger partial charge in [0.25, 0.3) is 0 Å². The Morgan fingerprint density at radius 3 is 0.917 bits per heavy atom. The van der Waals surface area contributed by atoms with Gasteiger partial charge in [-0.3, -0.25) is 14.4 Å². The lowest BCUT2D eigenvalue weighted by atomic mass is 10.0. The molecule has 0 fully saturated rings. The van der Waals surface area contributed by atoms with Crippen LogP contribution in [0.25, 0.3) is 0 Å². The summed E-state index contributed by atoms with van der Waals surface area (Å²) in [4.78, 5) is 37.9. The smallest absolute Gasteiger partial charge is 0.306 e. The lowest BCUT2D eigenvalue weighted by Gasteiger charge is -2.18. The van der Waals surface area contributed by atoms with Gasteiger partial charge in [0.2, 0.25) is 0 Å². The molecule has 6 nitrogen and oxygen atoms in total. The van der Waals surface area contributed by atoms with Gasteiger partial charge in [-0.25, -0.2) is 0 Å². The highest BCUT2D eigenvalue weighted by Gasteiger charge is 2.19. The van der Waals surface area contributed by atoms with E-state index in [1.165, 1.54) is 154 Å². The fourth-order valence-electron chi connectivity index (χ4n) is 7.50. The molecule has 1 atom stereocenters. The average Bonchev–Trinajstić information content (AvgIpc) is 3.24. The van der Waals surface area contributed by atoms with E-state index < -0.39 is 6.10 Å². The highest BCUT2D eigenvalue weighted by Crippen LogP contribution is 2.15. The van der Waals surface area contributed by atoms with Crippen molar-refractivity contribution in [3.8, 4) is 0 Å². The molecule has 0 saturated heterocycles. The van der Waals surface area contributed by atoms with Gasteiger partial charge < -0.3 is 14.2 Å². The van der Waals surface area contributed by atoms with Gasteiger partial charge >= 0.3 is 17.9 Å². The largest absolute Gasteiger partial charge is 0.462 e. The maximum Gasteiger partial charge on any atom is 0.306 e. The van der Waals surface area contributed by atoms with Crippen molar-refractivity contribution in [3.63, 3.8) is 0 Å². The summed E-state index contributed by atoms with van der Waals surface area (Å²) in [5.74, 6) is -0.885. The van der Waals surface area contributed by atoms with Crippen molar-refractivity contribution >= 4 is 17.9 Å². The Bertz CT molecular complexity index is 1020. The van der Waals surface area contributed by atoms with Crippen LogP contribution in [0.1, 0.15) is 271 Å². The van der Waals surface area contributed by atoms with Crippen LogP contribution in [0, 0.1) is 0 Å². The second-order valence-electron chi connectivity index (χ2n) is 17.5. The second-order valence-corrected chi connectivity index (χ2v) is 17.5. The number of ether oxygens (including phenoxy) is 3. The highest BCUT2D eigenvalue weighted by molar-refractivity contribution is 5.71. The summed E-state index contributed by atoms with van der Waals surface area (Å²) in [7, 11) is 0. The van der Waals surface area contributed by atoms with Crippen LogP contribution in [0.3, 0.4) is 0 Å². The zero-order valence-corrected chi connectivity index (χ0v) is 40.0. The minimum absolute atomic E-state index is 0.0748. The molecule has 0 rings (SSSR count). The van der Waals surface area contributed by atoms with Gasteiger partial charge in [-0.1, -0.05) is 243 Å². The van der Waals surface area contributed by atoms with E-state index in [-0.39, 0.29) is 31.1 Å². The molecule has 6 heteroatoms. The molecular weight excluding hydrogens is 745 g/mol. The fraction of sp³-hybridized carbons (Fsp3) is 0.833. The van der Waals surface area contributed by atoms with Gasteiger partial charge in [0.1, 0.15) is 13.2 Å². The summed E-state index contributed by atoms with van der Waals surface area (Å²) in [6.45, 7) is 6.62. The van der Waals surface area contributed by atoms with Crippen molar-refractivity contribution in [2.75, 3.05) is 13.2 Å². The molecule has 0 amide bonds. The van der Waals surface area contributed by atoms with Crippen LogP contribution in [0.2, 0.25) is 0 Å². The van der Waals surface area contributed by atoms with E-state index in [2.05, 4.69) is 57.2 Å². The minimum Gasteiger partial charge on any atom is -0.462 e. The molecule has 0 saturated carbocycles. The topological polar surface area (TPSA) is 78.9 Å². The summed E-state index contributed by atoms with van der Waals surface area (Å²) in [5.41, 5.74) is 0. The van der Waals surface area contributed by atoms with Crippen LogP contribution in [0.5, 0.6) is 0 Å². The van der Waals surface area contributed by atoms with E-state index in [9.17, 15) is 14.4 Å². The average molecular weight is 843 g/mol. The molecule has 0 aliphatic heterocycles. The predicted molar refractivity (Wildman–Crippen MR) is 256 cm³/mol. The van der Waals surface area contributed by atoms with Gasteiger partial charge in [0.15, 0.2) is 6.10 Å². The van der Waals surface area contributed by atoms with Crippen LogP contribution in [-0.2, 0) is 28.6 Å². The molecule has 0 aromatic carbocycles. The van der Waals surface area contributed by atoms with Crippen LogP contribution in [0.4, 0.5) is 0 Å². The van der Waals surface area contributed by atoms with Gasteiger partial charge in [0, 0.05) is 19.3 Å². The molecule has 60 heavy (non-hydrogen) atoms. The number of allylic oxidation sites excluding steroid dienone is 6. The number of unbranched alkanes of at least 4 members (excludes halogenated alkanes) is 32. The van der Waals surface area contributed by atoms with Crippen molar-refractivity contribution in [3.05, 3.63) is 36.5 Å². The molecule has 0 aromatic heterocycles. The zero-order chi connectivity index (χ0) is 43.7. The molecule has 0 radical (unpaired) electrons. The van der Waals surface area contributed by atoms with Crippen molar-refractivity contribution in [1.29, 1.82) is 0 Å². The Balaban J connectivity index is 4.36. The molecule has 0 N–H and O–H groups in total. The number of hydrogen-bond acceptors (Lipinski definition) is 6. The van der Waals surface area contributed by atoms with E-state index in [1.54, 1.807) is 0 Å². The molecule has 350 valence electrons. The molecule has 0 heterocycles. The van der Waals surface area contributed by atoms with Crippen LogP contribution in [-0.4, -0.2) is 37.2 Å². The van der Waals surface area contributed by atoms with E-state index in [0.29, 0.717) is 19.3 Å². The third-order valence-electron chi connectivity index (χ3n) is 11.5. The quantitative estimate of drug-likeness (QED) is 0.0263. The molecule has 1 unspecified atom stereocenters. The lowest BCUT2D eigenvalue weighted by molar-refractivity contribution is -0.167. The summed E-state index contributed by atoms with van der Waals surface area (Å²) >= 11 is 0. The van der Waals surface area contributed by atoms with Crippen molar-refractivity contribution < 1.29 is 28.6 Å². The maximum absolute atomic E-state index is 12.8. The van der Waals surface area contributed by atoms with Gasteiger partial charge in [-0.05, 0) is 44.9 Å². The first kappa shape index (κ1) is 57.6. The van der Waals surface area contributed by atoms with E-state index >= 15 is 0 Å². The number of carbonyl (C=O) groups excluding carboxylic acids is 3. The fourth-order valence-corrected chi connectivity index (χ4v) is 7.50. The SMILES string of the molecule is CCCCCCC\C=C/C=C\C=C/CCCCCCCC(=O)OCC(COC(=O)CCCCCCCCCCCCC)OC(=O)CCCCCCCCCCCCCCC. The highest BCUT2D eigenvalue weighted by atomic mass is 16.6. The van der Waals surface area contributed by atoms with Crippen LogP contribution in [0.15, 0.2) is 36.5 Å². The Morgan fingerprint density at radius 1 is 0.333 bits per heavy atom. The van der Waals surface area contributed by atoms with Crippen LogP contribution < -0.4 is 0 Å². The standard InChI is InChI=1S/C54H98O6/c1-4-7-10-13-16-19-22-24-25-26-27-28-30-32-35-38-41-44-47-53(56)59-50-51(49-58-52(55)46-43-40-37-34-31-21-18-15-12-9-6-3)60-54(57)48-45-42-39-36-33-29-23-20-17-14-11-8-5-2/h22,24-28,51H,4-21,23,29-50H2,1-3H3/b24-22-,26-25-,28-27-. The normalized spacial score (nSPS) is 12.2. The molecule has 0 aliphatic rings. The zero-order valence-electron chi connectivity index (χ0n) is 40.0. The first-order valence-electron chi connectivity index (χ1n) is 26.0. The number of esters is 3. The van der Waals surface area contributed by atoms with Crippen LogP contribution >= 0.6 is 0 Å². The molecule has 0 spiro atoms. The van der Waals surface area contributed by atoms with Gasteiger partial charge in [0.05, 0.1) is 0 Å². The van der Waals surface area contributed by atoms with Crippen molar-refractivity contribution in [2.24, 2.45) is 0 Å². The number of carbonyl (C=O) groups is 3. The summed E-state index contributed by atoms with van der Waals surface area (Å²) in [6.07, 6.45) is 56.9. The molecule has 0 bridgehead atoms. The second kappa shape index (κ2) is 49.3. The first-order chi connectivity index (χ1) is 29.5. The summed E-state index contributed by atoms with van der Waals surface area (Å²) in [5, 5.41) is 0. The van der Waals surface area contributed by atoms with E-state index in [0.717, 1.165) is 77.0 Å². The first-order valence-corrected chi connectivity index (χ1v) is 26.0. The van der Waals surface area contributed by atoms with Gasteiger partial charge in [-0.2, -0.15) is 0 Å². The van der Waals surface area contributed by atoms with Gasteiger partial charge in [-0.15, -0.1) is 0 Å². The Kier molecular flexibility index (Phi) is 47.3. The Labute approximate surface area is 372 Å². The van der Waals surface area contributed by atoms with Crippen molar-refractivity contribution in [1.82, 2.24) is 0 Å². The third kappa shape index (κ3) is 46.7. The summed E-state index contributed by atoms with van der Waals surface area (Å²) < 4.78 is 16.8. The lowest BCUT2D eigenvalue weighted by Crippen LogP contribution is -2.30. The monoisotopic (exact) mass is 843 g/mol. The number of hydrogen-bond donors (Lipinski definition) is 0. The minimum atomic E-state index is -0.774. The Morgan fingerprint density at radius 2 is 0.600 bits per heavy atom. The van der Waals surface area contributed by atoms with E-state index in [4.69, 9.17) is 14.2 Å². The van der Waals surface area contributed by atoms with Crippen molar-refractivity contribution in [2.45, 2.75) is 277 Å². The Hall–Kier alpha value is -2.37. The molecule has 0 aromatic rings. The maximum atomic E-state index is 12.8. The third-order valence-corrected chi connectivity index (χ3v) is 11.5. The molecule has 0 aliphatic carbocycles.